The third kappa shape index (κ3) is 2.47. The molecule has 102 valence electrons. The molecule has 0 spiro atoms. The topological polar surface area (TPSA) is 12.9 Å². The van der Waals surface area contributed by atoms with Gasteiger partial charge in [-0.05, 0) is 54.2 Å². The molecule has 1 nitrogen and oxygen atoms in total. The molecule has 0 radical (unpaired) electrons. The molecule has 4 rings (SSSR count). The van der Waals surface area contributed by atoms with Gasteiger partial charge in [0.05, 0.1) is 5.69 Å². The zero-order valence-electron chi connectivity index (χ0n) is 11.9. The largest absolute Gasteiger partial charge is 0.253 e. The molecular formula is C20H17N. The summed E-state index contributed by atoms with van der Waals surface area (Å²) in [6.45, 7) is 0. The Morgan fingerprint density at radius 3 is 2.38 bits per heavy atom. The van der Waals surface area contributed by atoms with Gasteiger partial charge in [0.1, 0.15) is 0 Å². The van der Waals surface area contributed by atoms with Crippen molar-refractivity contribution in [1.29, 1.82) is 0 Å². The molecule has 1 heteroatoms. The molecule has 3 aromatic rings. The average Bonchev–Trinajstić information content (AvgIpc) is 2.55. The van der Waals surface area contributed by atoms with Crippen LogP contribution in [-0.2, 0) is 12.8 Å². The minimum Gasteiger partial charge on any atom is -0.253 e. The van der Waals surface area contributed by atoms with Gasteiger partial charge in [-0.15, -0.1) is 0 Å². The second-order valence-electron chi connectivity index (χ2n) is 5.65. The molecule has 0 aliphatic carbocycles. The SMILES string of the molecule is c1cc2cc(c1)-c1cccc(c1)-c1cccc(n1)CCC2. The highest BCUT2D eigenvalue weighted by molar-refractivity contribution is 5.71. The number of rotatable bonds is 0. The lowest BCUT2D eigenvalue weighted by Crippen LogP contribution is -1.96. The van der Waals surface area contributed by atoms with Crippen molar-refractivity contribution in [2.24, 2.45) is 0 Å². The fraction of sp³-hybridized carbons (Fsp3) is 0.150. The number of hydrogen-bond acceptors (Lipinski definition) is 1. The van der Waals surface area contributed by atoms with Crippen LogP contribution in [0.25, 0.3) is 22.4 Å². The molecule has 2 heterocycles. The Kier molecular flexibility index (Phi) is 3.04. The fourth-order valence-corrected chi connectivity index (χ4v) is 3.02. The van der Waals surface area contributed by atoms with E-state index in [0.29, 0.717) is 0 Å². The van der Waals surface area contributed by atoms with E-state index in [0.717, 1.165) is 25.0 Å². The summed E-state index contributed by atoms with van der Waals surface area (Å²) in [6.07, 6.45) is 3.30. The second-order valence-corrected chi connectivity index (χ2v) is 5.65. The van der Waals surface area contributed by atoms with Gasteiger partial charge in [-0.3, -0.25) is 4.98 Å². The van der Waals surface area contributed by atoms with E-state index in [1.807, 2.05) is 0 Å². The first-order valence-electron chi connectivity index (χ1n) is 7.54. The van der Waals surface area contributed by atoms with Gasteiger partial charge in [-0.1, -0.05) is 48.5 Å². The Bertz CT molecular complexity index is 726. The number of benzene rings is 2. The van der Waals surface area contributed by atoms with Crippen LogP contribution in [0.3, 0.4) is 0 Å². The van der Waals surface area contributed by atoms with Crippen molar-refractivity contribution in [2.75, 3.05) is 0 Å². The molecule has 0 saturated carbocycles. The Labute approximate surface area is 125 Å². The number of aryl methyl sites for hydroxylation is 2. The summed E-state index contributed by atoms with van der Waals surface area (Å²) in [5, 5.41) is 0. The van der Waals surface area contributed by atoms with Crippen LogP contribution in [0, 0.1) is 0 Å². The fourth-order valence-electron chi connectivity index (χ4n) is 3.02. The monoisotopic (exact) mass is 271 g/mol. The first-order chi connectivity index (χ1) is 10.4. The molecule has 0 fully saturated rings. The lowest BCUT2D eigenvalue weighted by Gasteiger charge is -2.11. The molecule has 6 bridgehead atoms. The van der Waals surface area contributed by atoms with Crippen LogP contribution in [0.5, 0.6) is 0 Å². The number of pyridine rings is 1. The van der Waals surface area contributed by atoms with Crippen molar-refractivity contribution in [3.05, 3.63) is 78.0 Å². The van der Waals surface area contributed by atoms with Crippen molar-refractivity contribution in [3.63, 3.8) is 0 Å². The zero-order chi connectivity index (χ0) is 14.1. The summed E-state index contributed by atoms with van der Waals surface area (Å²) in [5.41, 5.74) is 7.43. The van der Waals surface area contributed by atoms with Crippen LogP contribution in [0.1, 0.15) is 17.7 Å². The van der Waals surface area contributed by atoms with Crippen LogP contribution in [0.4, 0.5) is 0 Å². The minimum absolute atomic E-state index is 1.04. The maximum Gasteiger partial charge on any atom is 0.0705 e. The molecule has 21 heavy (non-hydrogen) atoms. The van der Waals surface area contributed by atoms with Crippen molar-refractivity contribution < 1.29 is 0 Å². The Morgan fingerprint density at radius 2 is 1.43 bits per heavy atom. The van der Waals surface area contributed by atoms with Gasteiger partial charge in [0.15, 0.2) is 0 Å². The van der Waals surface area contributed by atoms with Crippen LogP contribution < -0.4 is 0 Å². The van der Waals surface area contributed by atoms with E-state index in [4.69, 9.17) is 4.98 Å². The highest BCUT2D eigenvalue weighted by Gasteiger charge is 2.07. The van der Waals surface area contributed by atoms with Gasteiger partial charge in [-0.25, -0.2) is 0 Å². The van der Waals surface area contributed by atoms with E-state index in [1.165, 1.54) is 27.9 Å². The molecule has 0 N–H and O–H groups in total. The Hall–Kier alpha value is -2.41. The van der Waals surface area contributed by atoms with Gasteiger partial charge in [0.25, 0.3) is 0 Å². The van der Waals surface area contributed by atoms with Crippen molar-refractivity contribution in [1.82, 2.24) is 4.98 Å². The van der Waals surface area contributed by atoms with Gasteiger partial charge < -0.3 is 0 Å². The number of fused-ring (bicyclic) bond motifs is 8. The highest BCUT2D eigenvalue weighted by Crippen LogP contribution is 2.27. The summed E-state index contributed by atoms with van der Waals surface area (Å²) >= 11 is 0. The number of nitrogens with zero attached hydrogens (tertiary/aromatic N) is 1. The molecule has 1 aliphatic heterocycles. The summed E-state index contributed by atoms with van der Waals surface area (Å²) in [6, 6.07) is 24.0. The molecule has 0 unspecified atom stereocenters. The molecule has 1 aliphatic rings. The number of hydrogen-bond donors (Lipinski definition) is 0. The summed E-state index contributed by atoms with van der Waals surface area (Å²) in [4.78, 5) is 4.82. The molecule has 2 aromatic carbocycles. The molecule has 0 amide bonds. The van der Waals surface area contributed by atoms with Crippen LogP contribution >= 0.6 is 0 Å². The Balaban J connectivity index is 1.93. The first-order valence-corrected chi connectivity index (χ1v) is 7.54. The number of aromatic nitrogens is 1. The van der Waals surface area contributed by atoms with E-state index in [-0.39, 0.29) is 0 Å². The lowest BCUT2D eigenvalue weighted by atomic mass is 9.97. The summed E-state index contributed by atoms with van der Waals surface area (Å²) in [5.74, 6) is 0. The average molecular weight is 271 g/mol. The van der Waals surface area contributed by atoms with Gasteiger partial charge in [0.2, 0.25) is 0 Å². The molecular weight excluding hydrogens is 254 g/mol. The van der Waals surface area contributed by atoms with Crippen LogP contribution in [0.2, 0.25) is 0 Å². The van der Waals surface area contributed by atoms with Gasteiger partial charge in [0, 0.05) is 11.3 Å². The Morgan fingerprint density at radius 1 is 0.667 bits per heavy atom. The second kappa shape index (κ2) is 5.17. The summed E-state index contributed by atoms with van der Waals surface area (Å²) in [7, 11) is 0. The van der Waals surface area contributed by atoms with Gasteiger partial charge in [-0.2, -0.15) is 0 Å². The van der Waals surface area contributed by atoms with E-state index in [2.05, 4.69) is 66.7 Å². The van der Waals surface area contributed by atoms with E-state index in [1.54, 1.807) is 0 Å². The molecule has 0 saturated heterocycles. The molecule has 0 atom stereocenters. The maximum absolute atomic E-state index is 4.82. The third-order valence-corrected chi connectivity index (χ3v) is 4.12. The third-order valence-electron chi connectivity index (χ3n) is 4.12. The minimum atomic E-state index is 1.04. The smallest absolute Gasteiger partial charge is 0.0705 e. The van der Waals surface area contributed by atoms with E-state index >= 15 is 0 Å². The predicted octanol–water partition coefficient (Wildman–Crippen LogP) is 4.90. The predicted molar refractivity (Wildman–Crippen MR) is 87.1 cm³/mol. The maximum atomic E-state index is 4.82. The standard InChI is InChI=1S/C20H17N/c1-5-15-6-2-10-19-11-4-12-20(21-19)18-9-3-8-17(14-18)16(7-1)13-15/h1,3-5,7-9,11-14H,2,6,10H2. The normalized spacial score (nSPS) is 13.1. The molecule has 1 aromatic heterocycles. The quantitative estimate of drug-likeness (QED) is 0.566. The van der Waals surface area contributed by atoms with Crippen LogP contribution in [0.15, 0.2) is 66.7 Å². The van der Waals surface area contributed by atoms with Crippen molar-refractivity contribution >= 4 is 0 Å². The van der Waals surface area contributed by atoms with Crippen LogP contribution in [-0.4, -0.2) is 4.98 Å². The van der Waals surface area contributed by atoms with Gasteiger partial charge >= 0.3 is 0 Å². The lowest BCUT2D eigenvalue weighted by molar-refractivity contribution is 0.800. The van der Waals surface area contributed by atoms with Crippen molar-refractivity contribution in [2.45, 2.75) is 19.3 Å². The van der Waals surface area contributed by atoms with E-state index in [9.17, 15) is 0 Å². The van der Waals surface area contributed by atoms with Crippen molar-refractivity contribution in [3.8, 4) is 22.4 Å². The summed E-state index contributed by atoms with van der Waals surface area (Å²) < 4.78 is 0. The zero-order valence-corrected chi connectivity index (χ0v) is 11.9. The highest BCUT2D eigenvalue weighted by atomic mass is 14.7. The van der Waals surface area contributed by atoms with E-state index < -0.39 is 0 Å². The first kappa shape index (κ1) is 12.3.